The molecule has 0 saturated heterocycles. The zero-order chi connectivity index (χ0) is 13.8. The van der Waals surface area contributed by atoms with Crippen molar-refractivity contribution in [3.05, 3.63) is 29.8 Å². The topological polar surface area (TPSA) is 49.4 Å². The summed E-state index contributed by atoms with van der Waals surface area (Å²) in [6.07, 6.45) is 2.14. The van der Waals surface area contributed by atoms with E-state index < -0.39 is 6.04 Å². The predicted octanol–water partition coefficient (Wildman–Crippen LogP) is 1.88. The molecule has 0 spiro atoms. The second-order valence-corrected chi connectivity index (χ2v) is 4.91. The minimum atomic E-state index is -0.467. The maximum Gasteiger partial charge on any atom is 0.249 e. The van der Waals surface area contributed by atoms with Crippen LogP contribution >= 0.6 is 0 Å². The Balaban J connectivity index is 2.03. The van der Waals surface area contributed by atoms with Gasteiger partial charge in [0.15, 0.2) is 0 Å². The number of amides is 2. The number of carbonyl (C=O) groups excluding carboxylic acids is 2. The minimum absolute atomic E-state index is 0.0330. The number of rotatable bonds is 4. The van der Waals surface area contributed by atoms with Crippen LogP contribution in [0.15, 0.2) is 24.3 Å². The first-order valence-corrected chi connectivity index (χ1v) is 6.82. The highest BCUT2D eigenvalue weighted by Crippen LogP contribution is 2.27. The third-order valence-corrected chi connectivity index (χ3v) is 3.38. The van der Waals surface area contributed by atoms with Gasteiger partial charge < -0.3 is 10.2 Å². The molecule has 4 nitrogen and oxygen atoms in total. The van der Waals surface area contributed by atoms with E-state index in [-0.39, 0.29) is 11.8 Å². The van der Waals surface area contributed by atoms with Gasteiger partial charge in [-0.15, -0.1) is 0 Å². The largest absolute Gasteiger partial charge is 0.345 e. The molecule has 2 rings (SSSR count). The minimum Gasteiger partial charge on any atom is -0.345 e. The van der Waals surface area contributed by atoms with E-state index in [4.69, 9.17) is 0 Å². The molecular formula is C15H20N2O2. The highest BCUT2D eigenvalue weighted by molar-refractivity contribution is 6.00. The first-order valence-electron chi connectivity index (χ1n) is 6.82. The normalized spacial score (nSPS) is 14.9. The molecule has 1 aromatic rings. The standard InChI is InChI=1S/C15H20N2O2/c1-3-6-14(18)16-11(2)15(19)17-10-9-12-7-4-5-8-13(12)17/h4-5,7-8,11H,3,6,9-10H2,1-2H3,(H,16,18)/t11-/m0/s1. The second-order valence-electron chi connectivity index (χ2n) is 4.91. The Hall–Kier alpha value is -1.84. The summed E-state index contributed by atoms with van der Waals surface area (Å²) in [4.78, 5) is 25.7. The summed E-state index contributed by atoms with van der Waals surface area (Å²) in [6, 6.07) is 7.46. The predicted molar refractivity (Wildman–Crippen MR) is 75.0 cm³/mol. The van der Waals surface area contributed by atoms with Crippen LogP contribution in [0.5, 0.6) is 0 Å². The summed E-state index contributed by atoms with van der Waals surface area (Å²) in [7, 11) is 0. The molecule has 19 heavy (non-hydrogen) atoms. The molecule has 0 aliphatic carbocycles. The molecular weight excluding hydrogens is 240 g/mol. The summed E-state index contributed by atoms with van der Waals surface area (Å²) >= 11 is 0. The number of nitrogens with one attached hydrogen (secondary N) is 1. The molecule has 1 N–H and O–H groups in total. The number of fused-ring (bicyclic) bond motifs is 1. The first-order chi connectivity index (χ1) is 9.13. The molecule has 1 aliphatic rings. The molecule has 1 heterocycles. The molecule has 0 radical (unpaired) electrons. The van der Waals surface area contributed by atoms with Gasteiger partial charge in [-0.3, -0.25) is 9.59 Å². The van der Waals surface area contributed by atoms with Crippen LogP contribution in [0.25, 0.3) is 0 Å². The third-order valence-electron chi connectivity index (χ3n) is 3.38. The number of nitrogens with zero attached hydrogens (tertiary/aromatic N) is 1. The number of carbonyl (C=O) groups is 2. The second kappa shape index (κ2) is 5.87. The maximum absolute atomic E-state index is 12.4. The van der Waals surface area contributed by atoms with Gasteiger partial charge in [-0.1, -0.05) is 25.1 Å². The van der Waals surface area contributed by atoms with Crippen LogP contribution in [-0.2, 0) is 16.0 Å². The van der Waals surface area contributed by atoms with E-state index in [1.807, 2.05) is 31.2 Å². The smallest absolute Gasteiger partial charge is 0.249 e. The zero-order valence-electron chi connectivity index (χ0n) is 11.5. The molecule has 0 fully saturated rings. The monoisotopic (exact) mass is 260 g/mol. The van der Waals surface area contributed by atoms with Gasteiger partial charge in [-0.25, -0.2) is 0 Å². The van der Waals surface area contributed by atoms with Crippen LogP contribution in [0.3, 0.4) is 0 Å². The SMILES string of the molecule is CCCC(=O)N[C@@H](C)C(=O)N1CCc2ccccc21. The fourth-order valence-electron chi connectivity index (χ4n) is 2.40. The van der Waals surface area contributed by atoms with Crippen molar-refractivity contribution in [2.24, 2.45) is 0 Å². The van der Waals surface area contributed by atoms with Crippen LogP contribution < -0.4 is 10.2 Å². The number of para-hydroxylation sites is 1. The summed E-state index contributed by atoms with van der Waals surface area (Å²) in [5, 5.41) is 2.76. The number of anilines is 1. The average Bonchev–Trinajstić information content (AvgIpc) is 2.81. The Morgan fingerprint density at radius 1 is 1.37 bits per heavy atom. The van der Waals surface area contributed by atoms with Crippen molar-refractivity contribution >= 4 is 17.5 Å². The average molecular weight is 260 g/mol. The molecule has 4 heteroatoms. The van der Waals surface area contributed by atoms with Gasteiger partial charge in [0.05, 0.1) is 0 Å². The van der Waals surface area contributed by atoms with Gasteiger partial charge in [-0.2, -0.15) is 0 Å². The fourth-order valence-corrected chi connectivity index (χ4v) is 2.40. The zero-order valence-corrected chi connectivity index (χ0v) is 11.5. The lowest BCUT2D eigenvalue weighted by Gasteiger charge is -2.22. The molecule has 102 valence electrons. The number of benzene rings is 1. The van der Waals surface area contributed by atoms with E-state index >= 15 is 0 Å². The lowest BCUT2D eigenvalue weighted by atomic mass is 10.2. The van der Waals surface area contributed by atoms with Crippen molar-refractivity contribution in [1.82, 2.24) is 5.32 Å². The van der Waals surface area contributed by atoms with Gasteiger partial charge in [0.1, 0.15) is 6.04 Å². The molecule has 2 amide bonds. The highest BCUT2D eigenvalue weighted by atomic mass is 16.2. The molecule has 0 aromatic heterocycles. The maximum atomic E-state index is 12.4. The third kappa shape index (κ3) is 2.95. The summed E-state index contributed by atoms with van der Waals surface area (Å²) in [6.45, 7) is 4.39. The highest BCUT2D eigenvalue weighted by Gasteiger charge is 2.28. The van der Waals surface area contributed by atoms with E-state index in [0.29, 0.717) is 13.0 Å². The Kier molecular flexibility index (Phi) is 4.20. The van der Waals surface area contributed by atoms with E-state index in [1.165, 1.54) is 5.56 Å². The van der Waals surface area contributed by atoms with Gasteiger partial charge in [-0.05, 0) is 31.4 Å². The Bertz CT molecular complexity index is 485. The Morgan fingerprint density at radius 3 is 2.84 bits per heavy atom. The fraction of sp³-hybridized carbons (Fsp3) is 0.467. The van der Waals surface area contributed by atoms with Crippen LogP contribution in [0.1, 0.15) is 32.3 Å². The molecule has 0 saturated carbocycles. The van der Waals surface area contributed by atoms with Crippen molar-refractivity contribution in [3.8, 4) is 0 Å². The van der Waals surface area contributed by atoms with Crippen molar-refractivity contribution < 1.29 is 9.59 Å². The summed E-state index contributed by atoms with van der Waals surface area (Å²) < 4.78 is 0. The van der Waals surface area contributed by atoms with Crippen molar-refractivity contribution in [1.29, 1.82) is 0 Å². The summed E-state index contributed by atoms with van der Waals surface area (Å²) in [5.74, 6) is -0.0924. The van der Waals surface area contributed by atoms with Crippen LogP contribution in [0, 0.1) is 0 Å². The van der Waals surface area contributed by atoms with Crippen LogP contribution in [0.4, 0.5) is 5.69 Å². The summed E-state index contributed by atoms with van der Waals surface area (Å²) in [5.41, 5.74) is 2.17. The Morgan fingerprint density at radius 2 is 2.11 bits per heavy atom. The van der Waals surface area contributed by atoms with Crippen LogP contribution in [-0.4, -0.2) is 24.4 Å². The first kappa shape index (κ1) is 13.6. The molecule has 1 atom stereocenters. The lowest BCUT2D eigenvalue weighted by molar-refractivity contribution is -0.127. The van der Waals surface area contributed by atoms with E-state index in [9.17, 15) is 9.59 Å². The van der Waals surface area contributed by atoms with Crippen LogP contribution in [0.2, 0.25) is 0 Å². The van der Waals surface area contributed by atoms with E-state index in [0.717, 1.165) is 18.5 Å². The lowest BCUT2D eigenvalue weighted by Crippen LogP contribution is -2.46. The van der Waals surface area contributed by atoms with Gasteiger partial charge in [0.25, 0.3) is 0 Å². The van der Waals surface area contributed by atoms with Gasteiger partial charge >= 0.3 is 0 Å². The molecule has 1 aliphatic heterocycles. The number of hydrogen-bond donors (Lipinski definition) is 1. The number of hydrogen-bond acceptors (Lipinski definition) is 2. The molecule has 0 bridgehead atoms. The van der Waals surface area contributed by atoms with E-state index in [1.54, 1.807) is 11.8 Å². The van der Waals surface area contributed by atoms with Crippen molar-refractivity contribution in [2.45, 2.75) is 39.2 Å². The van der Waals surface area contributed by atoms with Gasteiger partial charge in [0, 0.05) is 18.7 Å². The van der Waals surface area contributed by atoms with E-state index in [2.05, 4.69) is 5.32 Å². The molecule has 0 unspecified atom stereocenters. The Labute approximate surface area is 113 Å². The van der Waals surface area contributed by atoms with Gasteiger partial charge in [0.2, 0.25) is 11.8 Å². The quantitative estimate of drug-likeness (QED) is 0.898. The van der Waals surface area contributed by atoms with Crippen molar-refractivity contribution in [2.75, 3.05) is 11.4 Å². The molecule has 1 aromatic carbocycles. The van der Waals surface area contributed by atoms with Crippen molar-refractivity contribution in [3.63, 3.8) is 0 Å².